The van der Waals surface area contributed by atoms with Crippen molar-refractivity contribution in [3.63, 3.8) is 0 Å². The van der Waals surface area contributed by atoms with E-state index in [0.29, 0.717) is 18.2 Å². The van der Waals surface area contributed by atoms with Crippen molar-refractivity contribution in [3.8, 4) is 0 Å². The van der Waals surface area contributed by atoms with Crippen LogP contribution in [0.5, 0.6) is 0 Å². The summed E-state index contributed by atoms with van der Waals surface area (Å²) >= 11 is 0. The van der Waals surface area contributed by atoms with Crippen LogP contribution in [0.2, 0.25) is 0 Å². The van der Waals surface area contributed by atoms with Crippen LogP contribution in [-0.2, 0) is 17.7 Å². The van der Waals surface area contributed by atoms with Crippen molar-refractivity contribution in [1.82, 2.24) is 24.7 Å². The fourth-order valence-electron chi connectivity index (χ4n) is 2.26. The molecule has 7 heteroatoms. The Morgan fingerprint density at radius 1 is 1.56 bits per heavy atom. The van der Waals surface area contributed by atoms with Crippen LogP contribution in [0.3, 0.4) is 0 Å². The van der Waals surface area contributed by atoms with Crippen LogP contribution in [0.1, 0.15) is 24.0 Å². The van der Waals surface area contributed by atoms with Crippen LogP contribution in [0, 0.1) is 0 Å². The van der Waals surface area contributed by atoms with Crippen molar-refractivity contribution < 1.29 is 4.74 Å². The van der Waals surface area contributed by atoms with Crippen molar-refractivity contribution in [1.29, 1.82) is 0 Å². The molecule has 1 aliphatic rings. The Hall–Kier alpha value is -1.89. The lowest BCUT2D eigenvalue weighted by molar-refractivity contribution is 0.192. The first-order valence-electron chi connectivity index (χ1n) is 6.05. The molecule has 3 heterocycles. The number of hydrogen-bond donors (Lipinski definition) is 2. The molecule has 0 spiro atoms. The third-order valence-electron chi connectivity index (χ3n) is 3.18. The first-order valence-corrected chi connectivity index (χ1v) is 6.05. The topological polar surface area (TPSA) is 88.6 Å². The minimum Gasteiger partial charge on any atom is -0.381 e. The average molecular weight is 249 g/mol. The normalized spacial score (nSPS) is 19.4. The van der Waals surface area contributed by atoms with E-state index in [-0.39, 0.29) is 5.69 Å². The predicted molar refractivity (Wildman–Crippen MR) is 63.3 cm³/mol. The van der Waals surface area contributed by atoms with Gasteiger partial charge in [0, 0.05) is 37.9 Å². The number of aromatic nitrogens is 5. The lowest BCUT2D eigenvalue weighted by Crippen LogP contribution is -2.11. The molecule has 2 aromatic rings. The Bertz CT molecular complexity index is 564. The average Bonchev–Trinajstić information content (AvgIpc) is 3.07. The number of rotatable bonds is 4. The number of nitrogens with zero attached hydrogens (tertiary/aromatic N) is 3. The zero-order chi connectivity index (χ0) is 12.4. The molecule has 2 aromatic heterocycles. The summed E-state index contributed by atoms with van der Waals surface area (Å²) in [6.45, 7) is 2.31. The number of aryl methyl sites for hydroxylation is 2. The second-order valence-electron chi connectivity index (χ2n) is 4.41. The van der Waals surface area contributed by atoms with Crippen molar-refractivity contribution >= 4 is 0 Å². The van der Waals surface area contributed by atoms with Crippen LogP contribution in [0.15, 0.2) is 17.2 Å². The van der Waals surface area contributed by atoms with Gasteiger partial charge in [0.05, 0.1) is 6.61 Å². The summed E-state index contributed by atoms with van der Waals surface area (Å²) in [7, 11) is 0. The van der Waals surface area contributed by atoms with Crippen molar-refractivity contribution in [2.45, 2.75) is 25.3 Å². The van der Waals surface area contributed by atoms with Crippen LogP contribution in [0.25, 0.3) is 0 Å². The summed E-state index contributed by atoms with van der Waals surface area (Å²) in [5.41, 5.74) is -0.264. The minimum atomic E-state index is -0.264. The van der Waals surface area contributed by atoms with E-state index in [1.807, 2.05) is 6.20 Å². The molecule has 0 aliphatic carbocycles. The molecule has 0 saturated carbocycles. The van der Waals surface area contributed by atoms with E-state index in [2.05, 4.69) is 24.7 Å². The van der Waals surface area contributed by atoms with E-state index in [1.54, 1.807) is 6.20 Å². The fourth-order valence-corrected chi connectivity index (χ4v) is 2.26. The molecule has 1 saturated heterocycles. The SMILES string of the molecule is O=c1[nH]nc(CCn2ccnc2[C@@H]2CCOC2)[nH]1. The molecular formula is C11H15N5O2. The first-order chi connectivity index (χ1) is 8.83. The molecule has 0 aromatic carbocycles. The number of hydrogen-bond acceptors (Lipinski definition) is 4. The molecule has 7 nitrogen and oxygen atoms in total. The highest BCUT2D eigenvalue weighted by Crippen LogP contribution is 2.23. The molecule has 96 valence electrons. The van der Waals surface area contributed by atoms with Gasteiger partial charge in [0.2, 0.25) is 0 Å². The summed E-state index contributed by atoms with van der Waals surface area (Å²) in [6.07, 6.45) is 5.46. The zero-order valence-electron chi connectivity index (χ0n) is 9.93. The van der Waals surface area contributed by atoms with Crippen molar-refractivity contribution in [2.24, 2.45) is 0 Å². The Balaban J connectivity index is 1.69. The molecule has 18 heavy (non-hydrogen) atoms. The largest absolute Gasteiger partial charge is 0.381 e. The lowest BCUT2D eigenvalue weighted by Gasteiger charge is -2.10. The first kappa shape index (κ1) is 11.2. The molecule has 0 bridgehead atoms. The van der Waals surface area contributed by atoms with E-state index >= 15 is 0 Å². The molecule has 0 radical (unpaired) electrons. The zero-order valence-corrected chi connectivity index (χ0v) is 9.93. The van der Waals surface area contributed by atoms with E-state index in [1.165, 1.54) is 0 Å². The molecule has 0 unspecified atom stereocenters. The predicted octanol–water partition coefficient (Wildman–Crippen LogP) is 0.0411. The smallest absolute Gasteiger partial charge is 0.340 e. The second kappa shape index (κ2) is 4.77. The maximum Gasteiger partial charge on any atom is 0.340 e. The Morgan fingerprint density at radius 2 is 2.50 bits per heavy atom. The van der Waals surface area contributed by atoms with Gasteiger partial charge in [0.25, 0.3) is 0 Å². The summed E-state index contributed by atoms with van der Waals surface area (Å²) in [6, 6.07) is 0. The molecule has 1 aliphatic heterocycles. The van der Waals surface area contributed by atoms with Gasteiger partial charge in [-0.05, 0) is 6.42 Å². The summed E-state index contributed by atoms with van der Waals surface area (Å²) in [4.78, 5) is 18.0. The standard InChI is InChI=1S/C11H15N5O2/c17-11-13-9(14-15-11)1-4-16-5-3-12-10(16)8-2-6-18-7-8/h3,5,8H,1-2,4,6-7H2,(H2,13,14,15,17)/t8-/m1/s1. The van der Waals surface area contributed by atoms with Gasteiger partial charge >= 0.3 is 5.69 Å². The quantitative estimate of drug-likeness (QED) is 0.800. The molecule has 1 atom stereocenters. The minimum absolute atomic E-state index is 0.264. The van der Waals surface area contributed by atoms with Gasteiger partial charge in [0.15, 0.2) is 0 Å². The van der Waals surface area contributed by atoms with Gasteiger partial charge in [-0.15, -0.1) is 0 Å². The summed E-state index contributed by atoms with van der Waals surface area (Å²) < 4.78 is 7.49. The van der Waals surface area contributed by atoms with Gasteiger partial charge in [0.1, 0.15) is 11.6 Å². The third kappa shape index (κ3) is 2.21. The Kier molecular flexibility index (Phi) is 2.97. The number of aromatic amines is 2. The lowest BCUT2D eigenvalue weighted by atomic mass is 10.1. The van der Waals surface area contributed by atoms with Crippen LogP contribution >= 0.6 is 0 Å². The van der Waals surface area contributed by atoms with Crippen LogP contribution in [-0.4, -0.2) is 37.9 Å². The summed E-state index contributed by atoms with van der Waals surface area (Å²) in [5, 5.41) is 6.25. The van der Waals surface area contributed by atoms with Gasteiger partial charge in [-0.25, -0.2) is 14.9 Å². The molecule has 3 rings (SSSR count). The monoisotopic (exact) mass is 249 g/mol. The molecule has 0 amide bonds. The fraction of sp³-hybridized carbons (Fsp3) is 0.545. The molecular weight excluding hydrogens is 234 g/mol. The van der Waals surface area contributed by atoms with Gasteiger partial charge < -0.3 is 9.30 Å². The number of ether oxygens (including phenoxy) is 1. The van der Waals surface area contributed by atoms with Crippen molar-refractivity contribution in [2.75, 3.05) is 13.2 Å². The number of imidazole rings is 1. The number of H-pyrrole nitrogens is 2. The van der Waals surface area contributed by atoms with Crippen molar-refractivity contribution in [3.05, 3.63) is 34.5 Å². The van der Waals surface area contributed by atoms with Gasteiger partial charge in [-0.3, -0.25) is 4.98 Å². The third-order valence-corrected chi connectivity index (χ3v) is 3.18. The Labute approximate surface area is 103 Å². The van der Waals surface area contributed by atoms with Crippen LogP contribution < -0.4 is 5.69 Å². The van der Waals surface area contributed by atoms with Gasteiger partial charge in [-0.1, -0.05) is 0 Å². The van der Waals surface area contributed by atoms with E-state index in [0.717, 1.165) is 32.0 Å². The summed E-state index contributed by atoms with van der Waals surface area (Å²) in [5.74, 6) is 2.12. The second-order valence-corrected chi connectivity index (χ2v) is 4.41. The highest BCUT2D eigenvalue weighted by Gasteiger charge is 2.21. The van der Waals surface area contributed by atoms with E-state index in [9.17, 15) is 4.79 Å². The maximum absolute atomic E-state index is 10.9. The van der Waals surface area contributed by atoms with Gasteiger partial charge in [-0.2, -0.15) is 5.10 Å². The highest BCUT2D eigenvalue weighted by atomic mass is 16.5. The maximum atomic E-state index is 10.9. The van der Waals surface area contributed by atoms with E-state index < -0.39 is 0 Å². The van der Waals surface area contributed by atoms with Crippen LogP contribution in [0.4, 0.5) is 0 Å². The Morgan fingerprint density at radius 3 is 3.22 bits per heavy atom. The van der Waals surface area contributed by atoms with E-state index in [4.69, 9.17) is 4.74 Å². The number of nitrogens with one attached hydrogen (secondary N) is 2. The molecule has 1 fully saturated rings. The highest BCUT2D eigenvalue weighted by molar-refractivity contribution is 5.02. The molecule has 2 N–H and O–H groups in total.